The summed E-state index contributed by atoms with van der Waals surface area (Å²) in [5.41, 5.74) is 4.06. The molecule has 178 valence electrons. The summed E-state index contributed by atoms with van der Waals surface area (Å²) in [6.45, 7) is 2.18. The summed E-state index contributed by atoms with van der Waals surface area (Å²) in [5.74, 6) is -0.888. The number of hydrazone groups is 1. The van der Waals surface area contributed by atoms with E-state index in [1.807, 2.05) is 30.3 Å². The predicted molar refractivity (Wildman–Crippen MR) is 140 cm³/mol. The molecule has 3 N–H and O–H groups in total. The maximum absolute atomic E-state index is 12.8. The molecule has 0 spiro atoms. The van der Waals surface area contributed by atoms with Gasteiger partial charge in [0.25, 0.3) is 11.8 Å². The molecule has 0 heterocycles. The van der Waals surface area contributed by atoms with Gasteiger partial charge < -0.3 is 15.2 Å². The van der Waals surface area contributed by atoms with Gasteiger partial charge in [-0.05, 0) is 42.8 Å². The first-order chi connectivity index (χ1) is 17.0. The molecule has 8 heteroatoms. The van der Waals surface area contributed by atoms with Gasteiger partial charge in [-0.2, -0.15) is 5.10 Å². The van der Waals surface area contributed by atoms with Crippen molar-refractivity contribution >= 4 is 40.0 Å². The second-order valence-electron chi connectivity index (χ2n) is 7.14. The van der Waals surface area contributed by atoms with Crippen molar-refractivity contribution in [3.05, 3.63) is 112 Å². The second kappa shape index (κ2) is 12.9. The SMILES string of the molecule is CCOc1cc(Br)cc(C=NNC(=O)C(=CC=Cc2ccccc2)NC(=O)c2ccccc2)c1O. The smallest absolute Gasteiger partial charge is 0.287 e. The molecule has 0 saturated heterocycles. The van der Waals surface area contributed by atoms with Crippen molar-refractivity contribution in [3.8, 4) is 11.5 Å². The zero-order chi connectivity index (χ0) is 25.0. The zero-order valence-corrected chi connectivity index (χ0v) is 20.5. The Hall–Kier alpha value is -4.17. The molecule has 2 amide bonds. The minimum absolute atomic E-state index is 0.00310. The normalized spacial score (nSPS) is 11.5. The van der Waals surface area contributed by atoms with Gasteiger partial charge in [0.05, 0.1) is 12.8 Å². The highest BCUT2D eigenvalue weighted by Crippen LogP contribution is 2.32. The molecule has 3 rings (SSSR count). The number of phenolic OH excluding ortho intramolecular Hbond substituents is 1. The Bertz CT molecular complexity index is 1260. The summed E-state index contributed by atoms with van der Waals surface area (Å²) < 4.78 is 6.07. The van der Waals surface area contributed by atoms with Gasteiger partial charge in [0, 0.05) is 15.6 Å². The first-order valence-electron chi connectivity index (χ1n) is 10.8. The lowest BCUT2D eigenvalue weighted by Crippen LogP contribution is -2.32. The van der Waals surface area contributed by atoms with Crippen molar-refractivity contribution in [2.75, 3.05) is 6.61 Å². The van der Waals surface area contributed by atoms with Crippen LogP contribution in [0.2, 0.25) is 0 Å². The van der Waals surface area contributed by atoms with E-state index in [0.29, 0.717) is 22.2 Å². The van der Waals surface area contributed by atoms with Gasteiger partial charge in [-0.25, -0.2) is 5.43 Å². The number of hydrogen-bond donors (Lipinski definition) is 3. The largest absolute Gasteiger partial charge is 0.504 e. The van der Waals surface area contributed by atoms with E-state index in [0.717, 1.165) is 5.56 Å². The molecule has 0 bridgehead atoms. The van der Waals surface area contributed by atoms with Crippen molar-refractivity contribution in [1.29, 1.82) is 0 Å². The Labute approximate surface area is 212 Å². The van der Waals surface area contributed by atoms with E-state index in [1.54, 1.807) is 61.5 Å². The number of halogens is 1. The summed E-state index contributed by atoms with van der Waals surface area (Å²) in [6, 6.07) is 21.4. The fourth-order valence-corrected chi connectivity index (χ4v) is 3.41. The molecule has 0 radical (unpaired) electrons. The van der Waals surface area contributed by atoms with Crippen molar-refractivity contribution in [3.63, 3.8) is 0 Å². The molecule has 0 atom stereocenters. The lowest BCUT2D eigenvalue weighted by atomic mass is 10.2. The van der Waals surface area contributed by atoms with Gasteiger partial charge in [0.1, 0.15) is 5.70 Å². The Morgan fingerprint density at radius 2 is 1.74 bits per heavy atom. The third-order valence-electron chi connectivity index (χ3n) is 4.62. The highest BCUT2D eigenvalue weighted by atomic mass is 79.9. The average Bonchev–Trinajstić information content (AvgIpc) is 2.87. The molecule has 3 aromatic rings. The van der Waals surface area contributed by atoms with Gasteiger partial charge in [-0.1, -0.05) is 76.6 Å². The van der Waals surface area contributed by atoms with E-state index < -0.39 is 11.8 Å². The second-order valence-corrected chi connectivity index (χ2v) is 8.06. The Balaban J connectivity index is 1.79. The van der Waals surface area contributed by atoms with Crippen molar-refractivity contribution in [2.45, 2.75) is 6.92 Å². The summed E-state index contributed by atoms with van der Waals surface area (Å²) in [4.78, 5) is 25.4. The van der Waals surface area contributed by atoms with E-state index in [4.69, 9.17) is 4.74 Å². The molecular formula is C27H24BrN3O4. The van der Waals surface area contributed by atoms with E-state index >= 15 is 0 Å². The molecular weight excluding hydrogens is 510 g/mol. The average molecular weight is 534 g/mol. The van der Waals surface area contributed by atoms with Crippen LogP contribution in [0.1, 0.15) is 28.4 Å². The third kappa shape index (κ3) is 7.68. The summed E-state index contributed by atoms with van der Waals surface area (Å²) >= 11 is 3.35. The van der Waals surface area contributed by atoms with Crippen molar-refractivity contribution in [1.82, 2.24) is 10.7 Å². The molecule has 3 aromatic carbocycles. The minimum Gasteiger partial charge on any atom is -0.504 e. The van der Waals surface area contributed by atoms with Crippen LogP contribution < -0.4 is 15.5 Å². The van der Waals surface area contributed by atoms with Crippen LogP contribution in [-0.4, -0.2) is 29.7 Å². The number of carbonyl (C=O) groups excluding carboxylic acids is 2. The minimum atomic E-state index is -0.636. The number of aromatic hydroxyl groups is 1. The number of benzene rings is 3. The summed E-state index contributed by atoms with van der Waals surface area (Å²) in [5, 5.41) is 16.9. The van der Waals surface area contributed by atoms with Gasteiger partial charge in [0.2, 0.25) is 0 Å². The highest BCUT2D eigenvalue weighted by Gasteiger charge is 2.14. The number of hydrogen-bond acceptors (Lipinski definition) is 5. The molecule has 35 heavy (non-hydrogen) atoms. The van der Waals surface area contributed by atoms with Gasteiger partial charge in [-0.15, -0.1) is 0 Å². The van der Waals surface area contributed by atoms with Crippen LogP contribution in [0.5, 0.6) is 11.5 Å². The first-order valence-corrected chi connectivity index (χ1v) is 11.6. The van der Waals surface area contributed by atoms with E-state index in [9.17, 15) is 14.7 Å². The van der Waals surface area contributed by atoms with Crippen molar-refractivity contribution < 1.29 is 19.4 Å². The Kier molecular flexibility index (Phi) is 9.39. The lowest BCUT2D eigenvalue weighted by molar-refractivity contribution is -0.117. The van der Waals surface area contributed by atoms with Crippen LogP contribution in [-0.2, 0) is 4.79 Å². The van der Waals surface area contributed by atoms with Gasteiger partial charge in [0.15, 0.2) is 11.5 Å². The Morgan fingerprint density at radius 3 is 2.43 bits per heavy atom. The standard InChI is InChI=1S/C27H24BrN3O4/c1-2-35-24-17-22(28)16-21(25(24)32)18-29-31-27(34)23(15-9-12-19-10-5-3-6-11-19)30-26(33)20-13-7-4-8-14-20/h3-18,32H,2H2,1H3,(H,30,33)(H,31,34). The molecule has 0 aliphatic heterocycles. The number of allylic oxidation sites excluding steroid dienone is 2. The molecule has 7 nitrogen and oxygen atoms in total. The number of amides is 2. The maximum Gasteiger partial charge on any atom is 0.287 e. The van der Waals surface area contributed by atoms with Crippen LogP contribution in [0, 0.1) is 0 Å². The Morgan fingerprint density at radius 1 is 1.06 bits per heavy atom. The number of rotatable bonds is 9. The molecule has 0 aliphatic rings. The fourth-order valence-electron chi connectivity index (χ4n) is 2.96. The molecule has 0 fully saturated rings. The van der Waals surface area contributed by atoms with E-state index in [2.05, 4.69) is 31.8 Å². The maximum atomic E-state index is 12.8. The van der Waals surface area contributed by atoms with Crippen LogP contribution >= 0.6 is 15.9 Å². The predicted octanol–water partition coefficient (Wildman–Crippen LogP) is 5.03. The van der Waals surface area contributed by atoms with Crippen LogP contribution in [0.25, 0.3) is 6.08 Å². The number of phenols is 1. The third-order valence-corrected chi connectivity index (χ3v) is 5.08. The zero-order valence-electron chi connectivity index (χ0n) is 18.9. The summed E-state index contributed by atoms with van der Waals surface area (Å²) in [7, 11) is 0. The van der Waals surface area contributed by atoms with E-state index in [1.165, 1.54) is 12.3 Å². The van der Waals surface area contributed by atoms with Crippen molar-refractivity contribution in [2.24, 2.45) is 5.10 Å². The first kappa shape index (κ1) is 25.5. The number of nitrogens with zero attached hydrogens (tertiary/aromatic N) is 1. The quantitative estimate of drug-likeness (QED) is 0.155. The number of nitrogens with one attached hydrogen (secondary N) is 2. The van der Waals surface area contributed by atoms with E-state index in [-0.39, 0.29) is 17.2 Å². The van der Waals surface area contributed by atoms with Crippen LogP contribution in [0.4, 0.5) is 0 Å². The number of ether oxygens (including phenoxy) is 1. The molecule has 0 saturated carbocycles. The summed E-state index contributed by atoms with van der Waals surface area (Å²) in [6.07, 6.45) is 6.24. The molecule has 0 aromatic heterocycles. The van der Waals surface area contributed by atoms with Crippen LogP contribution in [0.15, 0.2) is 100 Å². The fraction of sp³-hybridized carbons (Fsp3) is 0.0741. The van der Waals surface area contributed by atoms with Gasteiger partial charge >= 0.3 is 0 Å². The van der Waals surface area contributed by atoms with Crippen LogP contribution in [0.3, 0.4) is 0 Å². The highest BCUT2D eigenvalue weighted by molar-refractivity contribution is 9.10. The van der Waals surface area contributed by atoms with Gasteiger partial charge in [-0.3, -0.25) is 9.59 Å². The monoisotopic (exact) mass is 533 g/mol. The number of carbonyl (C=O) groups is 2. The lowest BCUT2D eigenvalue weighted by Gasteiger charge is -2.09. The molecule has 0 aliphatic carbocycles. The molecule has 0 unspecified atom stereocenters. The topological polar surface area (TPSA) is 100 Å².